The summed E-state index contributed by atoms with van der Waals surface area (Å²) < 4.78 is 11.4. The molecule has 0 spiro atoms. The van der Waals surface area contributed by atoms with Crippen LogP contribution in [0.5, 0.6) is 0 Å². The van der Waals surface area contributed by atoms with Gasteiger partial charge in [-0.05, 0) is 38.0 Å². The van der Waals surface area contributed by atoms with Crippen molar-refractivity contribution in [2.24, 2.45) is 17.3 Å². The first-order valence-electron chi connectivity index (χ1n) is 6.74. The number of ether oxygens (including phenoxy) is 2. The van der Waals surface area contributed by atoms with Crippen LogP contribution < -0.4 is 0 Å². The molecule has 2 saturated heterocycles. The predicted octanol–water partition coefficient (Wildman–Crippen LogP) is 1.96. The van der Waals surface area contributed by atoms with Gasteiger partial charge in [0.1, 0.15) is 6.04 Å². The highest BCUT2D eigenvalue weighted by atomic mass is 16.8. The zero-order valence-corrected chi connectivity index (χ0v) is 11.8. The quantitative estimate of drug-likeness (QED) is 0.703. The Balaban J connectivity index is 1.62. The van der Waals surface area contributed by atoms with Gasteiger partial charge in [0.05, 0.1) is 11.7 Å². The highest BCUT2D eigenvalue weighted by Gasteiger charge is 2.70. The average Bonchev–Trinajstić information content (AvgIpc) is 3.00. The molecule has 0 amide bonds. The highest BCUT2D eigenvalue weighted by molar-refractivity contribution is 5.22. The van der Waals surface area contributed by atoms with E-state index in [0.717, 1.165) is 6.54 Å². The van der Waals surface area contributed by atoms with Crippen LogP contribution in [0.3, 0.4) is 0 Å². The Morgan fingerprint density at radius 1 is 1.39 bits per heavy atom. The van der Waals surface area contributed by atoms with Crippen molar-refractivity contribution in [1.29, 1.82) is 5.26 Å². The summed E-state index contributed by atoms with van der Waals surface area (Å²) in [6, 6.07) is 2.46. The molecule has 5 atom stereocenters. The molecule has 2 aliphatic heterocycles. The van der Waals surface area contributed by atoms with Crippen LogP contribution in [0, 0.1) is 28.6 Å². The highest BCUT2D eigenvalue weighted by Crippen LogP contribution is 2.65. The van der Waals surface area contributed by atoms with Gasteiger partial charge in [0, 0.05) is 6.54 Å². The molecule has 3 rings (SSSR count). The lowest BCUT2D eigenvalue weighted by molar-refractivity contribution is -0.0579. The normalized spacial score (nSPS) is 45.4. The molecule has 1 saturated carbocycles. The van der Waals surface area contributed by atoms with E-state index in [9.17, 15) is 5.26 Å². The molecule has 1 aliphatic carbocycles. The number of rotatable bonds is 2. The molecule has 2 heterocycles. The second-order valence-corrected chi connectivity index (χ2v) is 7.35. The molecule has 0 aromatic heterocycles. The third-order valence-electron chi connectivity index (χ3n) is 4.60. The summed E-state index contributed by atoms with van der Waals surface area (Å²) in [5.41, 5.74) is 0.148. The molecule has 3 aliphatic rings. The van der Waals surface area contributed by atoms with Crippen LogP contribution in [0.1, 0.15) is 34.6 Å². The zero-order valence-electron chi connectivity index (χ0n) is 11.8. The van der Waals surface area contributed by atoms with Crippen molar-refractivity contribution in [1.82, 2.24) is 4.90 Å². The first kappa shape index (κ1) is 12.4. The molecule has 0 radical (unpaired) electrons. The second-order valence-electron chi connectivity index (χ2n) is 7.35. The Kier molecular flexibility index (Phi) is 2.39. The Labute approximate surface area is 109 Å². The summed E-state index contributed by atoms with van der Waals surface area (Å²) in [5.74, 6) is 1.17. The molecule has 3 fully saturated rings. The molecule has 18 heavy (non-hydrogen) atoms. The summed E-state index contributed by atoms with van der Waals surface area (Å²) in [6.45, 7) is 11.6. The van der Waals surface area contributed by atoms with Gasteiger partial charge in [0.2, 0.25) is 0 Å². The van der Waals surface area contributed by atoms with Crippen molar-refractivity contribution >= 4 is 0 Å². The first-order chi connectivity index (χ1) is 8.25. The lowest BCUT2D eigenvalue weighted by Gasteiger charge is -2.25. The van der Waals surface area contributed by atoms with Gasteiger partial charge in [-0.1, -0.05) is 13.8 Å². The minimum absolute atomic E-state index is 0.00234. The molecule has 0 bridgehead atoms. The fourth-order valence-corrected chi connectivity index (χ4v) is 3.49. The molecular weight excluding hydrogens is 228 g/mol. The SMILES string of the molecule is CC(C)(C)OC1OC1N1CC2C(C1C#N)C2(C)C. The van der Waals surface area contributed by atoms with E-state index in [1.807, 2.05) is 20.8 Å². The molecule has 0 aromatic carbocycles. The van der Waals surface area contributed by atoms with Gasteiger partial charge < -0.3 is 9.47 Å². The smallest absolute Gasteiger partial charge is 0.200 e. The van der Waals surface area contributed by atoms with E-state index in [4.69, 9.17) is 9.47 Å². The molecular formula is C14H22N2O2. The lowest BCUT2D eigenvalue weighted by Crippen LogP contribution is -2.39. The number of fused-ring (bicyclic) bond motifs is 1. The number of nitriles is 1. The fourth-order valence-electron chi connectivity index (χ4n) is 3.49. The fraction of sp³-hybridized carbons (Fsp3) is 0.929. The van der Waals surface area contributed by atoms with Crippen molar-refractivity contribution in [3.8, 4) is 6.07 Å². The Morgan fingerprint density at radius 2 is 2.06 bits per heavy atom. The van der Waals surface area contributed by atoms with E-state index in [1.54, 1.807) is 0 Å². The number of hydrogen-bond donors (Lipinski definition) is 0. The minimum atomic E-state index is -0.191. The van der Waals surface area contributed by atoms with Crippen LogP contribution in [0.4, 0.5) is 0 Å². The average molecular weight is 250 g/mol. The maximum Gasteiger partial charge on any atom is 0.200 e. The van der Waals surface area contributed by atoms with E-state index in [0.29, 0.717) is 17.3 Å². The molecule has 4 heteroatoms. The van der Waals surface area contributed by atoms with E-state index in [-0.39, 0.29) is 24.2 Å². The predicted molar refractivity (Wildman–Crippen MR) is 66.4 cm³/mol. The molecule has 0 aromatic rings. The van der Waals surface area contributed by atoms with Gasteiger partial charge in [-0.2, -0.15) is 5.26 Å². The molecule has 0 N–H and O–H groups in total. The van der Waals surface area contributed by atoms with Crippen LogP contribution in [-0.4, -0.2) is 35.6 Å². The van der Waals surface area contributed by atoms with Crippen LogP contribution in [-0.2, 0) is 9.47 Å². The third kappa shape index (κ3) is 1.77. The van der Waals surface area contributed by atoms with Gasteiger partial charge in [0.25, 0.3) is 0 Å². The van der Waals surface area contributed by atoms with E-state index >= 15 is 0 Å². The standard InChI is InChI=1S/C14H22N2O2/c1-13(2,3)18-12-11(17-12)16-7-8-10(9(16)6-15)14(8,4)5/h8-12H,7H2,1-5H3. The molecule has 5 unspecified atom stereocenters. The Bertz CT molecular complexity index is 407. The summed E-state index contributed by atoms with van der Waals surface area (Å²) >= 11 is 0. The molecule has 4 nitrogen and oxygen atoms in total. The Morgan fingerprint density at radius 3 is 2.61 bits per heavy atom. The van der Waals surface area contributed by atoms with Gasteiger partial charge in [0.15, 0.2) is 12.5 Å². The largest absolute Gasteiger partial charge is 0.343 e. The molecule has 100 valence electrons. The second kappa shape index (κ2) is 3.47. The van der Waals surface area contributed by atoms with E-state index < -0.39 is 0 Å². The lowest BCUT2D eigenvalue weighted by atomic mass is 10.0. The van der Waals surface area contributed by atoms with Crippen LogP contribution >= 0.6 is 0 Å². The number of hydrogen-bond acceptors (Lipinski definition) is 4. The summed E-state index contributed by atoms with van der Waals surface area (Å²) in [7, 11) is 0. The number of piperidine rings is 1. The van der Waals surface area contributed by atoms with E-state index in [1.165, 1.54) is 0 Å². The number of epoxide rings is 1. The number of nitrogens with zero attached hydrogens (tertiary/aromatic N) is 2. The van der Waals surface area contributed by atoms with Crippen molar-refractivity contribution < 1.29 is 9.47 Å². The van der Waals surface area contributed by atoms with Crippen molar-refractivity contribution in [3.63, 3.8) is 0 Å². The van der Waals surface area contributed by atoms with Crippen LogP contribution in [0.2, 0.25) is 0 Å². The van der Waals surface area contributed by atoms with Crippen molar-refractivity contribution in [2.45, 2.75) is 58.8 Å². The Hall–Kier alpha value is -0.630. The summed E-state index contributed by atoms with van der Waals surface area (Å²) in [6.07, 6.45) is -0.154. The van der Waals surface area contributed by atoms with E-state index in [2.05, 4.69) is 24.8 Å². The van der Waals surface area contributed by atoms with Crippen molar-refractivity contribution in [2.75, 3.05) is 6.54 Å². The minimum Gasteiger partial charge on any atom is -0.343 e. The van der Waals surface area contributed by atoms with Gasteiger partial charge in [-0.3, -0.25) is 4.90 Å². The topological polar surface area (TPSA) is 48.8 Å². The van der Waals surface area contributed by atoms with Gasteiger partial charge in [-0.25, -0.2) is 0 Å². The van der Waals surface area contributed by atoms with Crippen LogP contribution in [0.15, 0.2) is 0 Å². The van der Waals surface area contributed by atoms with Crippen molar-refractivity contribution in [3.05, 3.63) is 0 Å². The van der Waals surface area contributed by atoms with Gasteiger partial charge >= 0.3 is 0 Å². The monoisotopic (exact) mass is 250 g/mol. The summed E-state index contributed by atoms with van der Waals surface area (Å²) in [4.78, 5) is 2.19. The summed E-state index contributed by atoms with van der Waals surface area (Å²) in [5, 5.41) is 9.37. The first-order valence-corrected chi connectivity index (χ1v) is 6.74. The van der Waals surface area contributed by atoms with Crippen LogP contribution in [0.25, 0.3) is 0 Å². The maximum atomic E-state index is 9.37. The zero-order chi connectivity index (χ0) is 13.3. The number of likely N-dealkylation sites (tertiary alicyclic amines) is 1. The van der Waals surface area contributed by atoms with Gasteiger partial charge in [-0.15, -0.1) is 0 Å². The maximum absolute atomic E-state index is 9.37. The third-order valence-corrected chi connectivity index (χ3v) is 4.60.